The Morgan fingerprint density at radius 2 is 1.83 bits per heavy atom. The molecular formula is C21H16ClFN2O2S2. The molecule has 2 aromatic carbocycles. The minimum Gasteiger partial charge on any atom is -0.279 e. The van der Waals surface area contributed by atoms with Crippen molar-refractivity contribution in [2.75, 3.05) is 4.72 Å². The van der Waals surface area contributed by atoms with Crippen LogP contribution in [0.1, 0.15) is 16.8 Å². The summed E-state index contributed by atoms with van der Waals surface area (Å²) in [6.07, 6.45) is 0.580. The van der Waals surface area contributed by atoms with Gasteiger partial charge in [-0.15, -0.1) is 11.3 Å². The van der Waals surface area contributed by atoms with Crippen molar-refractivity contribution in [3.63, 3.8) is 0 Å². The molecule has 0 aliphatic carbocycles. The number of halogens is 2. The number of aryl methyl sites for hydroxylation is 1. The molecule has 0 radical (unpaired) electrons. The van der Waals surface area contributed by atoms with Crippen LogP contribution in [0.3, 0.4) is 0 Å². The number of pyridine rings is 1. The van der Waals surface area contributed by atoms with E-state index >= 15 is 0 Å². The SMILES string of the molecule is Cc1cc(Cc2ccc(NS(=O)(=O)c3ccc(Cl)s3)cc2)c2cc(F)ccc2n1. The second-order valence-electron chi connectivity index (χ2n) is 6.62. The fourth-order valence-electron chi connectivity index (χ4n) is 3.12. The molecule has 0 amide bonds. The van der Waals surface area contributed by atoms with Gasteiger partial charge in [-0.1, -0.05) is 23.7 Å². The van der Waals surface area contributed by atoms with Crippen LogP contribution >= 0.6 is 22.9 Å². The Bertz CT molecular complexity index is 1300. The lowest BCUT2D eigenvalue weighted by atomic mass is 10.00. The van der Waals surface area contributed by atoms with Crippen LogP contribution in [0.5, 0.6) is 0 Å². The second-order valence-corrected chi connectivity index (χ2v) is 10.2. The number of aromatic nitrogens is 1. The molecule has 0 saturated carbocycles. The summed E-state index contributed by atoms with van der Waals surface area (Å²) >= 11 is 6.83. The molecule has 0 unspecified atom stereocenters. The number of anilines is 1. The van der Waals surface area contributed by atoms with Gasteiger partial charge in [0.05, 0.1) is 9.85 Å². The maximum Gasteiger partial charge on any atom is 0.271 e. The molecule has 148 valence electrons. The summed E-state index contributed by atoms with van der Waals surface area (Å²) in [6.45, 7) is 1.90. The van der Waals surface area contributed by atoms with Crippen LogP contribution in [0.25, 0.3) is 10.9 Å². The highest BCUT2D eigenvalue weighted by Gasteiger charge is 2.16. The van der Waals surface area contributed by atoms with E-state index in [9.17, 15) is 12.8 Å². The molecule has 1 N–H and O–H groups in total. The van der Waals surface area contributed by atoms with E-state index in [4.69, 9.17) is 11.6 Å². The molecule has 0 saturated heterocycles. The number of nitrogens with one attached hydrogen (secondary N) is 1. The topological polar surface area (TPSA) is 59.1 Å². The van der Waals surface area contributed by atoms with Crippen molar-refractivity contribution in [2.24, 2.45) is 0 Å². The number of fused-ring (bicyclic) bond motifs is 1. The maximum atomic E-state index is 13.7. The van der Waals surface area contributed by atoms with Crippen molar-refractivity contribution in [3.05, 3.63) is 87.6 Å². The first kappa shape index (κ1) is 19.8. The molecule has 29 heavy (non-hydrogen) atoms. The highest BCUT2D eigenvalue weighted by molar-refractivity contribution is 7.94. The molecule has 8 heteroatoms. The fraction of sp³-hybridized carbons (Fsp3) is 0.0952. The smallest absolute Gasteiger partial charge is 0.271 e. The number of thiophene rings is 1. The molecule has 4 nitrogen and oxygen atoms in total. The summed E-state index contributed by atoms with van der Waals surface area (Å²) in [5.41, 5.74) is 4.01. The van der Waals surface area contributed by atoms with Gasteiger partial charge in [0.1, 0.15) is 10.0 Å². The van der Waals surface area contributed by atoms with E-state index in [1.54, 1.807) is 24.3 Å². The Kier molecular flexibility index (Phi) is 5.29. The first-order valence-electron chi connectivity index (χ1n) is 8.73. The first-order valence-corrected chi connectivity index (χ1v) is 11.4. The third kappa shape index (κ3) is 4.42. The zero-order valence-electron chi connectivity index (χ0n) is 15.3. The summed E-state index contributed by atoms with van der Waals surface area (Å²) in [6, 6.07) is 16.6. The van der Waals surface area contributed by atoms with E-state index in [0.717, 1.165) is 39.1 Å². The number of hydrogen-bond acceptors (Lipinski definition) is 4. The Morgan fingerprint density at radius 1 is 1.07 bits per heavy atom. The van der Waals surface area contributed by atoms with Gasteiger partial charge in [0.15, 0.2) is 0 Å². The Hall–Kier alpha value is -2.48. The zero-order chi connectivity index (χ0) is 20.6. The van der Waals surface area contributed by atoms with Gasteiger partial charge in [-0.25, -0.2) is 12.8 Å². The molecule has 4 rings (SSSR count). The third-order valence-corrected chi connectivity index (χ3v) is 7.50. The Labute approximate surface area is 177 Å². The number of benzene rings is 2. The molecular weight excluding hydrogens is 431 g/mol. The van der Waals surface area contributed by atoms with Crippen LogP contribution in [0.15, 0.2) is 64.9 Å². The summed E-state index contributed by atoms with van der Waals surface area (Å²) in [5, 5.41) is 0.773. The molecule has 0 fully saturated rings. The van der Waals surface area contributed by atoms with Crippen molar-refractivity contribution in [3.8, 4) is 0 Å². The number of nitrogens with zero attached hydrogens (tertiary/aromatic N) is 1. The maximum absolute atomic E-state index is 13.7. The molecule has 2 heterocycles. The summed E-state index contributed by atoms with van der Waals surface area (Å²) in [4.78, 5) is 4.45. The average Bonchev–Trinajstić information content (AvgIpc) is 3.11. The van der Waals surface area contributed by atoms with E-state index in [1.165, 1.54) is 18.2 Å². The lowest BCUT2D eigenvalue weighted by Gasteiger charge is -2.10. The number of hydrogen-bond donors (Lipinski definition) is 1. The predicted molar refractivity (Wildman–Crippen MR) is 116 cm³/mol. The minimum atomic E-state index is -3.67. The van der Waals surface area contributed by atoms with Gasteiger partial charge in [0.25, 0.3) is 10.0 Å². The van der Waals surface area contributed by atoms with Gasteiger partial charge in [0.2, 0.25) is 0 Å². The lowest BCUT2D eigenvalue weighted by molar-refractivity contribution is 0.603. The third-order valence-electron chi connectivity index (χ3n) is 4.40. The quantitative estimate of drug-likeness (QED) is 0.422. The van der Waals surface area contributed by atoms with Crippen LogP contribution in [0, 0.1) is 12.7 Å². The van der Waals surface area contributed by atoms with E-state index in [1.807, 2.05) is 25.1 Å². The molecule has 0 spiro atoms. The van der Waals surface area contributed by atoms with Crippen molar-refractivity contribution >= 4 is 49.6 Å². The Morgan fingerprint density at radius 3 is 2.52 bits per heavy atom. The fourth-order valence-corrected chi connectivity index (χ4v) is 5.66. The van der Waals surface area contributed by atoms with Gasteiger partial charge in [0, 0.05) is 16.8 Å². The zero-order valence-corrected chi connectivity index (χ0v) is 17.7. The Balaban J connectivity index is 1.58. The van der Waals surface area contributed by atoms with E-state index in [0.29, 0.717) is 16.4 Å². The van der Waals surface area contributed by atoms with E-state index in [-0.39, 0.29) is 10.0 Å². The summed E-state index contributed by atoms with van der Waals surface area (Å²) in [5.74, 6) is -0.303. The normalized spacial score (nSPS) is 11.7. The largest absolute Gasteiger partial charge is 0.279 e. The van der Waals surface area contributed by atoms with Crippen molar-refractivity contribution in [2.45, 2.75) is 17.6 Å². The van der Waals surface area contributed by atoms with Gasteiger partial charge in [-0.2, -0.15) is 0 Å². The van der Waals surface area contributed by atoms with Crippen molar-refractivity contribution in [1.82, 2.24) is 4.98 Å². The van der Waals surface area contributed by atoms with Gasteiger partial charge in [-0.05, 0) is 73.0 Å². The summed E-state index contributed by atoms with van der Waals surface area (Å²) < 4.78 is 41.6. The highest BCUT2D eigenvalue weighted by Crippen LogP contribution is 2.28. The summed E-state index contributed by atoms with van der Waals surface area (Å²) in [7, 11) is -3.67. The first-order chi connectivity index (χ1) is 13.8. The van der Waals surface area contributed by atoms with Crippen LogP contribution in [-0.4, -0.2) is 13.4 Å². The lowest BCUT2D eigenvalue weighted by Crippen LogP contribution is -2.11. The molecule has 0 aliphatic heterocycles. The van der Waals surface area contributed by atoms with Crippen molar-refractivity contribution < 1.29 is 12.8 Å². The van der Waals surface area contributed by atoms with E-state index in [2.05, 4.69) is 9.71 Å². The van der Waals surface area contributed by atoms with Gasteiger partial charge in [-0.3, -0.25) is 9.71 Å². The molecule has 0 atom stereocenters. The molecule has 4 aromatic rings. The van der Waals surface area contributed by atoms with Crippen molar-refractivity contribution in [1.29, 1.82) is 0 Å². The van der Waals surface area contributed by atoms with Crippen LogP contribution < -0.4 is 4.72 Å². The predicted octanol–water partition coefficient (Wildman–Crippen LogP) is 5.79. The minimum absolute atomic E-state index is 0.160. The number of rotatable bonds is 5. The van der Waals surface area contributed by atoms with Crippen LogP contribution in [-0.2, 0) is 16.4 Å². The molecule has 0 aliphatic rings. The monoisotopic (exact) mass is 446 g/mol. The standard InChI is InChI=1S/C21H16ClFN2O2S2/c1-13-10-15(18-12-16(23)4-7-19(18)24-13)11-14-2-5-17(6-3-14)25-29(26,27)21-9-8-20(22)28-21/h2-10,12,25H,11H2,1H3. The van der Waals surface area contributed by atoms with Crippen LogP contribution in [0.4, 0.5) is 10.1 Å². The highest BCUT2D eigenvalue weighted by atomic mass is 35.5. The second kappa shape index (κ2) is 7.74. The van der Waals surface area contributed by atoms with Crippen LogP contribution in [0.2, 0.25) is 4.34 Å². The van der Waals surface area contributed by atoms with Gasteiger partial charge >= 0.3 is 0 Å². The molecule has 2 aromatic heterocycles. The molecule has 0 bridgehead atoms. The average molecular weight is 447 g/mol. The number of sulfonamides is 1. The van der Waals surface area contributed by atoms with E-state index < -0.39 is 10.0 Å². The van der Waals surface area contributed by atoms with Gasteiger partial charge < -0.3 is 0 Å².